The van der Waals surface area contributed by atoms with E-state index in [0.29, 0.717) is 11.3 Å². The second-order valence-corrected chi connectivity index (χ2v) is 6.03. The largest absolute Gasteiger partial charge is 0.454 e. The molecule has 2 aromatic heterocycles. The summed E-state index contributed by atoms with van der Waals surface area (Å²) in [5.74, 6) is -0.496. The summed E-state index contributed by atoms with van der Waals surface area (Å²) in [4.78, 5) is 15.6. The first-order valence-corrected chi connectivity index (χ1v) is 8.47. The second kappa shape index (κ2) is 8.86. The van der Waals surface area contributed by atoms with Gasteiger partial charge in [-0.3, -0.25) is 0 Å². The number of benzene rings is 1. The Kier molecular flexibility index (Phi) is 6.27. The Morgan fingerprint density at radius 2 is 1.72 bits per heavy atom. The van der Waals surface area contributed by atoms with E-state index in [1.807, 2.05) is 0 Å². The minimum atomic E-state index is -4.56. The van der Waals surface area contributed by atoms with E-state index in [9.17, 15) is 17.6 Å². The van der Waals surface area contributed by atoms with Crippen molar-refractivity contribution in [1.82, 2.24) is 19.9 Å². The Hall–Kier alpha value is -3.21. The van der Waals surface area contributed by atoms with Gasteiger partial charge in [0.15, 0.2) is 6.61 Å². The molecule has 0 aliphatic heterocycles. The number of ether oxygens (including phenoxy) is 1. The first-order chi connectivity index (χ1) is 13.8. The molecule has 0 atom stereocenters. The molecule has 0 spiro atoms. The number of alkyl halides is 3. The summed E-state index contributed by atoms with van der Waals surface area (Å²) >= 11 is 5.81. The summed E-state index contributed by atoms with van der Waals surface area (Å²) in [6.45, 7) is -1.36. The van der Waals surface area contributed by atoms with Gasteiger partial charge in [-0.2, -0.15) is 28.1 Å². The molecule has 1 aromatic carbocycles. The average molecular weight is 429 g/mol. The fourth-order valence-corrected chi connectivity index (χ4v) is 2.27. The lowest BCUT2D eigenvalue weighted by Crippen LogP contribution is -2.21. The standard InChI is InChI=1S/C17H13ClF4N6O/c18-13-7-12(5-6-23-13)25-15-26-14(24-8-10-1-3-11(19)4-2-10)27-16(28-15)29-9-17(20,21)22/h1-7H,8-9H2,(H2,23,24,25,26,27,28). The highest BCUT2D eigenvalue weighted by atomic mass is 35.5. The molecule has 0 fully saturated rings. The SMILES string of the molecule is Fc1ccc(CNc2nc(Nc3ccnc(Cl)c3)nc(OCC(F)(F)F)n2)cc1. The first-order valence-electron chi connectivity index (χ1n) is 8.09. The van der Waals surface area contributed by atoms with Gasteiger partial charge in [0.05, 0.1) is 0 Å². The van der Waals surface area contributed by atoms with E-state index in [2.05, 4.69) is 35.3 Å². The lowest BCUT2D eigenvalue weighted by atomic mass is 10.2. The molecule has 29 heavy (non-hydrogen) atoms. The van der Waals surface area contributed by atoms with Crippen LogP contribution in [0.25, 0.3) is 0 Å². The molecule has 0 amide bonds. The number of aromatic nitrogens is 4. The van der Waals surface area contributed by atoms with Crippen LogP contribution in [0.15, 0.2) is 42.6 Å². The molecule has 0 unspecified atom stereocenters. The van der Waals surface area contributed by atoms with Crippen LogP contribution in [-0.2, 0) is 6.54 Å². The van der Waals surface area contributed by atoms with Gasteiger partial charge in [-0.1, -0.05) is 23.7 Å². The smallest absolute Gasteiger partial charge is 0.422 e. The predicted molar refractivity (Wildman–Crippen MR) is 97.6 cm³/mol. The zero-order valence-electron chi connectivity index (χ0n) is 14.5. The predicted octanol–water partition coefficient (Wildman–Crippen LogP) is 4.36. The zero-order chi connectivity index (χ0) is 20.9. The fourth-order valence-electron chi connectivity index (χ4n) is 2.10. The summed E-state index contributed by atoms with van der Waals surface area (Å²) in [6, 6.07) is 8.17. The maximum atomic E-state index is 13.0. The van der Waals surface area contributed by atoms with Crippen molar-refractivity contribution in [3.8, 4) is 6.01 Å². The van der Waals surface area contributed by atoms with Crippen LogP contribution in [0, 0.1) is 5.82 Å². The molecule has 0 saturated carbocycles. The van der Waals surface area contributed by atoms with Gasteiger partial charge >= 0.3 is 12.2 Å². The quantitative estimate of drug-likeness (QED) is 0.427. The van der Waals surface area contributed by atoms with Gasteiger partial charge in [0.2, 0.25) is 11.9 Å². The van der Waals surface area contributed by atoms with Crippen LogP contribution in [-0.4, -0.2) is 32.7 Å². The van der Waals surface area contributed by atoms with Gasteiger partial charge in [0.25, 0.3) is 0 Å². The highest BCUT2D eigenvalue weighted by Crippen LogP contribution is 2.21. The van der Waals surface area contributed by atoms with Crippen LogP contribution in [0.4, 0.5) is 35.1 Å². The Morgan fingerprint density at radius 3 is 2.41 bits per heavy atom. The van der Waals surface area contributed by atoms with Gasteiger partial charge in [0.1, 0.15) is 11.0 Å². The monoisotopic (exact) mass is 428 g/mol. The maximum absolute atomic E-state index is 13.0. The molecule has 3 rings (SSSR count). The van der Waals surface area contributed by atoms with Crippen LogP contribution in [0.5, 0.6) is 6.01 Å². The van der Waals surface area contributed by atoms with Gasteiger partial charge < -0.3 is 15.4 Å². The third-order valence-corrected chi connectivity index (χ3v) is 3.53. The third-order valence-electron chi connectivity index (χ3n) is 3.33. The van der Waals surface area contributed by atoms with Gasteiger partial charge in [-0.15, -0.1) is 0 Å². The molecule has 2 heterocycles. The number of rotatable bonds is 7. The van der Waals surface area contributed by atoms with Crippen molar-refractivity contribution in [3.05, 3.63) is 59.1 Å². The molecule has 0 radical (unpaired) electrons. The molecule has 0 aliphatic rings. The molecule has 152 valence electrons. The second-order valence-electron chi connectivity index (χ2n) is 5.64. The van der Waals surface area contributed by atoms with Gasteiger partial charge in [-0.25, -0.2) is 9.37 Å². The molecule has 7 nitrogen and oxygen atoms in total. The highest BCUT2D eigenvalue weighted by Gasteiger charge is 2.29. The topological polar surface area (TPSA) is 84.9 Å². The normalized spacial score (nSPS) is 11.2. The van der Waals surface area contributed by atoms with Crippen LogP contribution in [0.3, 0.4) is 0 Å². The minimum absolute atomic E-state index is 0.0378. The fraction of sp³-hybridized carbons (Fsp3) is 0.176. The summed E-state index contributed by atoms with van der Waals surface area (Å²) in [6.07, 6.45) is -3.12. The van der Waals surface area contributed by atoms with Crippen LogP contribution >= 0.6 is 11.6 Å². The van der Waals surface area contributed by atoms with Crippen molar-refractivity contribution in [2.24, 2.45) is 0 Å². The number of nitrogens with one attached hydrogen (secondary N) is 2. The minimum Gasteiger partial charge on any atom is -0.454 e. The molecule has 0 bridgehead atoms. The average Bonchev–Trinajstić information content (AvgIpc) is 2.65. The number of pyridine rings is 1. The summed E-state index contributed by atoms with van der Waals surface area (Å²) < 4.78 is 55.0. The Labute approximate surface area is 167 Å². The van der Waals surface area contributed by atoms with Crippen molar-refractivity contribution in [3.63, 3.8) is 0 Å². The molecular weight excluding hydrogens is 416 g/mol. The van der Waals surface area contributed by atoms with E-state index in [4.69, 9.17) is 11.6 Å². The summed E-state index contributed by atoms with van der Waals surface area (Å²) in [5.41, 5.74) is 1.17. The van der Waals surface area contributed by atoms with E-state index < -0.39 is 18.8 Å². The molecular formula is C17H13ClF4N6O. The van der Waals surface area contributed by atoms with Crippen molar-refractivity contribution in [1.29, 1.82) is 0 Å². The summed E-state index contributed by atoms with van der Waals surface area (Å²) in [5, 5.41) is 5.82. The van der Waals surface area contributed by atoms with E-state index in [1.165, 1.54) is 24.4 Å². The van der Waals surface area contributed by atoms with Crippen LogP contribution in [0.1, 0.15) is 5.56 Å². The van der Waals surface area contributed by atoms with Crippen molar-refractivity contribution < 1.29 is 22.3 Å². The highest BCUT2D eigenvalue weighted by molar-refractivity contribution is 6.29. The third kappa shape index (κ3) is 6.71. The van der Waals surface area contributed by atoms with E-state index in [1.54, 1.807) is 18.2 Å². The lowest BCUT2D eigenvalue weighted by Gasteiger charge is -2.12. The number of hydrogen-bond acceptors (Lipinski definition) is 7. The number of halogens is 5. The Bertz CT molecular complexity index is 971. The zero-order valence-corrected chi connectivity index (χ0v) is 15.3. The summed E-state index contributed by atoms with van der Waals surface area (Å²) in [7, 11) is 0. The van der Waals surface area contributed by atoms with E-state index >= 15 is 0 Å². The van der Waals surface area contributed by atoms with Crippen molar-refractivity contribution in [2.75, 3.05) is 17.2 Å². The molecule has 2 N–H and O–H groups in total. The number of anilines is 3. The van der Waals surface area contributed by atoms with Gasteiger partial charge in [-0.05, 0) is 29.8 Å². The van der Waals surface area contributed by atoms with Crippen LogP contribution in [0.2, 0.25) is 5.15 Å². The first kappa shape index (κ1) is 20.5. The number of nitrogens with zero attached hydrogens (tertiary/aromatic N) is 4. The lowest BCUT2D eigenvalue weighted by molar-refractivity contribution is -0.154. The molecule has 3 aromatic rings. The van der Waals surface area contributed by atoms with Gasteiger partial charge in [0, 0.05) is 18.4 Å². The number of hydrogen-bond donors (Lipinski definition) is 2. The molecule has 12 heteroatoms. The van der Waals surface area contributed by atoms with E-state index in [-0.39, 0.29) is 29.4 Å². The van der Waals surface area contributed by atoms with Crippen molar-refractivity contribution in [2.45, 2.75) is 12.7 Å². The molecule has 0 aliphatic carbocycles. The maximum Gasteiger partial charge on any atom is 0.422 e. The van der Waals surface area contributed by atoms with E-state index in [0.717, 1.165) is 0 Å². The van der Waals surface area contributed by atoms with Crippen molar-refractivity contribution >= 4 is 29.2 Å². The van der Waals surface area contributed by atoms with Crippen LogP contribution < -0.4 is 15.4 Å². The Morgan fingerprint density at radius 1 is 1.00 bits per heavy atom. The Balaban J connectivity index is 1.80. The molecule has 0 saturated heterocycles.